The van der Waals surface area contributed by atoms with Crippen molar-refractivity contribution >= 4 is 23.0 Å². The Morgan fingerprint density at radius 1 is 1.18 bits per heavy atom. The monoisotopic (exact) mass is 462 g/mol. The van der Waals surface area contributed by atoms with Gasteiger partial charge >= 0.3 is 0 Å². The number of hydrogen-bond acceptors (Lipinski definition) is 6. The van der Waals surface area contributed by atoms with Gasteiger partial charge in [0, 0.05) is 68.8 Å². The molecule has 2 aliphatic heterocycles. The highest BCUT2D eigenvalue weighted by Crippen LogP contribution is 2.30. The molecular formula is C25H30N6O3. The lowest BCUT2D eigenvalue weighted by Crippen LogP contribution is -2.48. The molecule has 2 fully saturated rings. The number of rotatable bonds is 5. The second kappa shape index (κ2) is 8.96. The lowest BCUT2D eigenvalue weighted by Gasteiger charge is -2.35. The molecule has 5 rings (SSSR count). The fraction of sp³-hybridized carbons (Fsp3) is 0.440. The number of amides is 2. The van der Waals surface area contributed by atoms with Gasteiger partial charge in [-0.3, -0.25) is 9.59 Å². The quantitative estimate of drug-likeness (QED) is 0.626. The maximum atomic E-state index is 11.6. The van der Waals surface area contributed by atoms with Crippen molar-refractivity contribution in [3.05, 3.63) is 42.2 Å². The number of nitrogens with one attached hydrogen (secondary N) is 1. The number of aryl methyl sites for hydroxylation is 1. The molecule has 178 valence electrons. The van der Waals surface area contributed by atoms with Crippen LogP contribution in [0.15, 0.2) is 36.7 Å². The van der Waals surface area contributed by atoms with E-state index in [1.807, 2.05) is 35.7 Å². The molecule has 9 heteroatoms. The lowest BCUT2D eigenvalue weighted by molar-refractivity contribution is -0.129. The minimum atomic E-state index is -0.157. The SMILES string of the molecule is CC(=O)N1CCN(c2ccc(-c3cn4ncc(C)c4c(OC(C)[C@H]4CNC(=O)C4)n3)cc2)CC1. The van der Waals surface area contributed by atoms with Gasteiger partial charge in [-0.2, -0.15) is 5.10 Å². The normalized spacial score (nSPS) is 19.4. The fourth-order valence-corrected chi connectivity index (χ4v) is 4.70. The molecule has 2 saturated heterocycles. The molecule has 4 heterocycles. The van der Waals surface area contributed by atoms with Crippen LogP contribution in [0.1, 0.15) is 25.8 Å². The smallest absolute Gasteiger partial charge is 0.241 e. The van der Waals surface area contributed by atoms with E-state index in [-0.39, 0.29) is 23.8 Å². The molecule has 34 heavy (non-hydrogen) atoms. The first kappa shape index (κ1) is 22.2. The van der Waals surface area contributed by atoms with Crippen molar-refractivity contribution in [3.63, 3.8) is 0 Å². The number of fused-ring (bicyclic) bond motifs is 1. The van der Waals surface area contributed by atoms with E-state index in [1.165, 1.54) is 0 Å². The van der Waals surface area contributed by atoms with Crippen LogP contribution in [0.3, 0.4) is 0 Å². The molecule has 0 spiro atoms. The van der Waals surface area contributed by atoms with Crippen molar-refractivity contribution in [2.45, 2.75) is 33.3 Å². The van der Waals surface area contributed by atoms with Crippen molar-refractivity contribution in [2.24, 2.45) is 5.92 Å². The third-order valence-corrected chi connectivity index (χ3v) is 6.87. The van der Waals surface area contributed by atoms with Crippen LogP contribution >= 0.6 is 0 Å². The van der Waals surface area contributed by atoms with Gasteiger partial charge in [-0.15, -0.1) is 0 Å². The number of carbonyl (C=O) groups excluding carboxylic acids is 2. The zero-order valence-electron chi connectivity index (χ0n) is 19.8. The molecule has 0 bridgehead atoms. The maximum absolute atomic E-state index is 11.6. The molecular weight excluding hydrogens is 432 g/mol. The van der Waals surface area contributed by atoms with E-state index in [1.54, 1.807) is 6.92 Å². The molecule has 2 atom stereocenters. The Morgan fingerprint density at radius 3 is 2.56 bits per heavy atom. The highest BCUT2D eigenvalue weighted by Gasteiger charge is 2.29. The number of piperazine rings is 1. The van der Waals surface area contributed by atoms with Gasteiger partial charge in [-0.05, 0) is 26.0 Å². The summed E-state index contributed by atoms with van der Waals surface area (Å²) in [5.74, 6) is 0.844. The van der Waals surface area contributed by atoms with Crippen LogP contribution in [-0.2, 0) is 9.59 Å². The van der Waals surface area contributed by atoms with E-state index in [9.17, 15) is 9.59 Å². The van der Waals surface area contributed by atoms with E-state index in [0.29, 0.717) is 18.8 Å². The first-order valence-corrected chi connectivity index (χ1v) is 11.8. The zero-order chi connectivity index (χ0) is 23.8. The summed E-state index contributed by atoms with van der Waals surface area (Å²) in [4.78, 5) is 32.3. The lowest BCUT2D eigenvalue weighted by atomic mass is 10.0. The summed E-state index contributed by atoms with van der Waals surface area (Å²) in [7, 11) is 0. The number of carbonyl (C=O) groups is 2. The van der Waals surface area contributed by atoms with Crippen molar-refractivity contribution in [1.82, 2.24) is 24.8 Å². The molecule has 1 aromatic carbocycles. The van der Waals surface area contributed by atoms with Crippen molar-refractivity contribution < 1.29 is 14.3 Å². The zero-order valence-corrected chi connectivity index (χ0v) is 19.8. The predicted molar refractivity (Wildman–Crippen MR) is 129 cm³/mol. The fourth-order valence-electron chi connectivity index (χ4n) is 4.70. The number of hydrogen-bond donors (Lipinski definition) is 1. The minimum Gasteiger partial charge on any atom is -0.473 e. The van der Waals surface area contributed by atoms with Crippen LogP contribution in [0.25, 0.3) is 16.8 Å². The minimum absolute atomic E-state index is 0.0654. The van der Waals surface area contributed by atoms with Crippen molar-refractivity contribution in [3.8, 4) is 17.1 Å². The molecule has 1 N–H and O–H groups in total. The Balaban J connectivity index is 1.38. The highest BCUT2D eigenvalue weighted by atomic mass is 16.5. The highest BCUT2D eigenvalue weighted by molar-refractivity contribution is 5.78. The number of anilines is 1. The summed E-state index contributed by atoms with van der Waals surface area (Å²) in [5.41, 5.74) is 4.70. The van der Waals surface area contributed by atoms with Crippen molar-refractivity contribution in [1.29, 1.82) is 0 Å². The van der Waals surface area contributed by atoms with Crippen LogP contribution in [0.5, 0.6) is 5.88 Å². The molecule has 2 aromatic heterocycles. The summed E-state index contributed by atoms with van der Waals surface area (Å²) >= 11 is 0. The Hall–Kier alpha value is -3.62. The summed E-state index contributed by atoms with van der Waals surface area (Å²) < 4.78 is 8.12. The Kier molecular flexibility index (Phi) is 5.85. The van der Waals surface area contributed by atoms with Gasteiger partial charge < -0.3 is 19.9 Å². The van der Waals surface area contributed by atoms with Gasteiger partial charge in [0.2, 0.25) is 17.7 Å². The second-order valence-corrected chi connectivity index (χ2v) is 9.18. The van der Waals surface area contributed by atoms with Gasteiger partial charge in [-0.1, -0.05) is 12.1 Å². The van der Waals surface area contributed by atoms with Crippen molar-refractivity contribution in [2.75, 3.05) is 37.6 Å². The third kappa shape index (κ3) is 4.30. The molecule has 2 amide bonds. The standard InChI is InChI=1S/C25H30N6O3/c1-16-13-27-31-15-22(28-25(24(16)31)34-17(2)20-12-23(33)26-14-20)19-4-6-21(7-5-19)30-10-8-29(9-11-30)18(3)32/h4-7,13,15,17,20H,8-12,14H2,1-3H3,(H,26,33)/t17?,20-/m1/s1. The number of benzene rings is 1. The van der Waals surface area contributed by atoms with E-state index in [2.05, 4.69) is 39.6 Å². The maximum Gasteiger partial charge on any atom is 0.241 e. The predicted octanol–water partition coefficient (Wildman–Crippen LogP) is 2.28. The van der Waals surface area contributed by atoms with E-state index in [4.69, 9.17) is 9.72 Å². The van der Waals surface area contributed by atoms with Crippen LogP contribution in [0.4, 0.5) is 5.69 Å². The molecule has 0 aliphatic carbocycles. The van der Waals surface area contributed by atoms with Gasteiger partial charge in [0.05, 0.1) is 18.1 Å². The second-order valence-electron chi connectivity index (χ2n) is 9.18. The number of nitrogens with zero attached hydrogens (tertiary/aromatic N) is 5. The van der Waals surface area contributed by atoms with Gasteiger partial charge in [0.1, 0.15) is 11.6 Å². The Bertz CT molecular complexity index is 1210. The van der Waals surface area contributed by atoms with Gasteiger partial charge in [-0.25, -0.2) is 9.50 Å². The molecule has 2 aliphatic rings. The first-order chi connectivity index (χ1) is 16.4. The van der Waals surface area contributed by atoms with E-state index < -0.39 is 0 Å². The van der Waals surface area contributed by atoms with Crippen LogP contribution < -0.4 is 15.0 Å². The molecule has 0 radical (unpaired) electrons. The van der Waals surface area contributed by atoms with Crippen LogP contribution in [0.2, 0.25) is 0 Å². The summed E-state index contributed by atoms with van der Waals surface area (Å²) in [6.45, 7) is 9.36. The van der Waals surface area contributed by atoms with Gasteiger partial charge in [0.15, 0.2) is 0 Å². The Morgan fingerprint density at radius 2 is 1.91 bits per heavy atom. The number of aromatic nitrogens is 3. The molecule has 9 nitrogen and oxygen atoms in total. The summed E-state index contributed by atoms with van der Waals surface area (Å²) in [5, 5.41) is 7.36. The largest absolute Gasteiger partial charge is 0.473 e. The van der Waals surface area contributed by atoms with E-state index >= 15 is 0 Å². The summed E-state index contributed by atoms with van der Waals surface area (Å²) in [6.07, 6.45) is 4.04. The van der Waals surface area contributed by atoms with Gasteiger partial charge in [0.25, 0.3) is 0 Å². The third-order valence-electron chi connectivity index (χ3n) is 6.87. The average molecular weight is 463 g/mol. The summed E-state index contributed by atoms with van der Waals surface area (Å²) in [6, 6.07) is 8.31. The molecule has 0 saturated carbocycles. The molecule has 3 aromatic rings. The van der Waals surface area contributed by atoms with E-state index in [0.717, 1.165) is 54.2 Å². The molecule has 1 unspecified atom stereocenters. The average Bonchev–Trinajstić information content (AvgIpc) is 3.45. The Labute approximate surface area is 198 Å². The van der Waals surface area contributed by atoms with Crippen LogP contribution in [-0.4, -0.2) is 70.1 Å². The van der Waals surface area contributed by atoms with Crippen LogP contribution in [0, 0.1) is 12.8 Å². The topological polar surface area (TPSA) is 92.1 Å². The number of ether oxygens (including phenoxy) is 1. The first-order valence-electron chi connectivity index (χ1n) is 11.8.